The Morgan fingerprint density at radius 3 is 1.95 bits per heavy atom. The summed E-state index contributed by atoms with van der Waals surface area (Å²) in [4.78, 5) is 0. The smallest absolute Gasteiger partial charge is 0.0139 e. The Morgan fingerprint density at radius 2 is 1.48 bits per heavy atom. The summed E-state index contributed by atoms with van der Waals surface area (Å²) in [5, 5.41) is 0. The third-order valence-electron chi connectivity index (χ3n) is 4.67. The minimum absolute atomic E-state index is 0. The molecule has 1 nitrogen and oxygen atoms in total. The Labute approximate surface area is 139 Å². The van der Waals surface area contributed by atoms with E-state index in [0.29, 0.717) is 10.8 Å². The lowest BCUT2D eigenvalue weighted by Gasteiger charge is -2.43. The summed E-state index contributed by atoms with van der Waals surface area (Å²) in [7, 11) is 0. The van der Waals surface area contributed by atoms with E-state index in [1.165, 1.54) is 57.8 Å². The molecule has 2 heteroatoms. The molecule has 1 rings (SSSR count). The fourth-order valence-electron chi connectivity index (χ4n) is 4.25. The lowest BCUT2D eigenvalue weighted by molar-refractivity contribution is 0.152. The quantitative estimate of drug-likeness (QED) is 0.435. The van der Waals surface area contributed by atoms with Crippen molar-refractivity contribution in [1.29, 1.82) is 0 Å². The minimum atomic E-state index is 0. The van der Waals surface area contributed by atoms with Gasteiger partial charge in [0, 0.05) is 6.54 Å². The molecule has 1 saturated carbocycles. The SMILES string of the molecule is CCCCCCCC(CN)=C1CC(C)(C)CC(C)(C)C1.Cl. The van der Waals surface area contributed by atoms with Gasteiger partial charge in [-0.1, -0.05) is 71.4 Å². The number of hydrogen-bond donors (Lipinski definition) is 1. The molecule has 0 aromatic heterocycles. The number of halogens is 1. The van der Waals surface area contributed by atoms with Crippen LogP contribution in [-0.2, 0) is 0 Å². The van der Waals surface area contributed by atoms with Crippen molar-refractivity contribution in [3.8, 4) is 0 Å². The second kappa shape index (κ2) is 9.20. The maximum atomic E-state index is 6.06. The first-order chi connectivity index (χ1) is 9.29. The maximum absolute atomic E-state index is 6.06. The zero-order valence-electron chi connectivity index (χ0n) is 15.1. The molecule has 126 valence electrons. The Kier molecular flexibility index (Phi) is 9.20. The highest BCUT2D eigenvalue weighted by Crippen LogP contribution is 2.49. The molecule has 2 N–H and O–H groups in total. The molecule has 0 unspecified atom stereocenters. The van der Waals surface area contributed by atoms with Gasteiger partial charge in [-0.25, -0.2) is 0 Å². The van der Waals surface area contributed by atoms with Crippen molar-refractivity contribution in [2.75, 3.05) is 6.54 Å². The van der Waals surface area contributed by atoms with Crippen molar-refractivity contribution < 1.29 is 0 Å². The molecule has 0 aromatic carbocycles. The summed E-state index contributed by atoms with van der Waals surface area (Å²) in [5.41, 5.74) is 10.2. The van der Waals surface area contributed by atoms with E-state index in [4.69, 9.17) is 5.73 Å². The number of allylic oxidation sites excluding steroid dienone is 1. The van der Waals surface area contributed by atoms with Gasteiger partial charge in [0.15, 0.2) is 0 Å². The fraction of sp³-hybridized carbons (Fsp3) is 0.895. The fourth-order valence-corrected chi connectivity index (χ4v) is 4.25. The molecule has 0 bridgehead atoms. The summed E-state index contributed by atoms with van der Waals surface area (Å²) < 4.78 is 0. The van der Waals surface area contributed by atoms with Gasteiger partial charge in [-0.3, -0.25) is 0 Å². The third-order valence-corrected chi connectivity index (χ3v) is 4.67. The highest BCUT2D eigenvalue weighted by molar-refractivity contribution is 5.85. The summed E-state index contributed by atoms with van der Waals surface area (Å²) >= 11 is 0. The van der Waals surface area contributed by atoms with Crippen LogP contribution in [0, 0.1) is 10.8 Å². The predicted octanol–water partition coefficient (Wildman–Crippen LogP) is 6.26. The summed E-state index contributed by atoms with van der Waals surface area (Å²) in [6, 6.07) is 0. The molecule has 1 aliphatic rings. The Hall–Kier alpha value is -0.0100. The Morgan fingerprint density at radius 1 is 0.952 bits per heavy atom. The van der Waals surface area contributed by atoms with Crippen LogP contribution in [-0.4, -0.2) is 6.54 Å². The van der Waals surface area contributed by atoms with Crippen LogP contribution in [0.3, 0.4) is 0 Å². The van der Waals surface area contributed by atoms with E-state index < -0.39 is 0 Å². The van der Waals surface area contributed by atoms with Crippen LogP contribution in [0.5, 0.6) is 0 Å². The lowest BCUT2D eigenvalue weighted by Crippen LogP contribution is -2.31. The van der Waals surface area contributed by atoms with Crippen LogP contribution in [0.2, 0.25) is 0 Å². The number of hydrogen-bond acceptors (Lipinski definition) is 1. The topological polar surface area (TPSA) is 26.0 Å². The summed E-state index contributed by atoms with van der Waals surface area (Å²) in [6.07, 6.45) is 11.9. The molecule has 0 aromatic rings. The van der Waals surface area contributed by atoms with Gasteiger partial charge in [0.05, 0.1) is 0 Å². The van der Waals surface area contributed by atoms with E-state index >= 15 is 0 Å². The van der Waals surface area contributed by atoms with Gasteiger partial charge in [0.1, 0.15) is 0 Å². The second-order valence-corrected chi connectivity index (χ2v) is 8.43. The molecular formula is C19H38ClN. The average Bonchev–Trinajstić information content (AvgIpc) is 2.29. The Bertz CT molecular complexity index is 310. The van der Waals surface area contributed by atoms with Gasteiger partial charge < -0.3 is 5.73 Å². The highest BCUT2D eigenvalue weighted by Gasteiger charge is 2.36. The third kappa shape index (κ3) is 7.70. The summed E-state index contributed by atoms with van der Waals surface area (Å²) in [5.74, 6) is 0. The lowest BCUT2D eigenvalue weighted by atomic mass is 9.62. The van der Waals surface area contributed by atoms with Crippen molar-refractivity contribution in [2.45, 2.75) is 92.4 Å². The van der Waals surface area contributed by atoms with Crippen LogP contribution in [0.15, 0.2) is 11.1 Å². The standard InChI is InChI=1S/C19H37N.ClH/c1-6-7-8-9-10-11-16(14-20)17-12-18(2,3)15-19(4,5)13-17;/h6-15,20H2,1-5H3;1H. The molecule has 1 aliphatic carbocycles. The van der Waals surface area contributed by atoms with Gasteiger partial charge in [-0.05, 0) is 42.9 Å². The van der Waals surface area contributed by atoms with Gasteiger partial charge in [0.25, 0.3) is 0 Å². The highest BCUT2D eigenvalue weighted by atomic mass is 35.5. The number of nitrogens with two attached hydrogens (primary N) is 1. The van der Waals surface area contributed by atoms with Gasteiger partial charge in [-0.15, -0.1) is 12.4 Å². The van der Waals surface area contributed by atoms with E-state index in [9.17, 15) is 0 Å². The van der Waals surface area contributed by atoms with E-state index in [1.807, 2.05) is 0 Å². The molecule has 0 amide bonds. The molecule has 0 spiro atoms. The van der Waals surface area contributed by atoms with Crippen molar-refractivity contribution in [2.24, 2.45) is 16.6 Å². The molecule has 0 heterocycles. The van der Waals surface area contributed by atoms with Crippen molar-refractivity contribution in [3.05, 3.63) is 11.1 Å². The number of unbranched alkanes of at least 4 members (excludes halogenated alkanes) is 4. The zero-order chi connectivity index (χ0) is 15.2. The Balaban J connectivity index is 0.00000400. The first kappa shape index (κ1) is 21.0. The molecule has 0 aliphatic heterocycles. The van der Waals surface area contributed by atoms with E-state index in [-0.39, 0.29) is 12.4 Å². The molecule has 21 heavy (non-hydrogen) atoms. The average molecular weight is 316 g/mol. The van der Waals surface area contributed by atoms with Gasteiger partial charge in [-0.2, -0.15) is 0 Å². The summed E-state index contributed by atoms with van der Waals surface area (Å²) in [6.45, 7) is 12.7. The maximum Gasteiger partial charge on any atom is 0.0139 e. The van der Waals surface area contributed by atoms with Crippen molar-refractivity contribution in [3.63, 3.8) is 0 Å². The van der Waals surface area contributed by atoms with E-state index in [0.717, 1.165) is 6.54 Å². The zero-order valence-corrected chi connectivity index (χ0v) is 15.9. The van der Waals surface area contributed by atoms with Crippen LogP contribution in [0.4, 0.5) is 0 Å². The van der Waals surface area contributed by atoms with Crippen molar-refractivity contribution in [1.82, 2.24) is 0 Å². The predicted molar refractivity (Wildman–Crippen MR) is 98.1 cm³/mol. The van der Waals surface area contributed by atoms with Crippen LogP contribution in [0.25, 0.3) is 0 Å². The second-order valence-electron chi connectivity index (χ2n) is 8.43. The monoisotopic (exact) mass is 315 g/mol. The largest absolute Gasteiger partial charge is 0.327 e. The van der Waals surface area contributed by atoms with E-state index in [2.05, 4.69) is 34.6 Å². The van der Waals surface area contributed by atoms with Gasteiger partial charge in [0.2, 0.25) is 0 Å². The van der Waals surface area contributed by atoms with Crippen LogP contribution in [0.1, 0.15) is 92.4 Å². The van der Waals surface area contributed by atoms with E-state index in [1.54, 1.807) is 11.1 Å². The molecule has 0 saturated heterocycles. The van der Waals surface area contributed by atoms with Crippen LogP contribution < -0.4 is 5.73 Å². The first-order valence-electron chi connectivity index (χ1n) is 8.69. The minimum Gasteiger partial charge on any atom is -0.327 e. The van der Waals surface area contributed by atoms with Crippen molar-refractivity contribution >= 4 is 12.4 Å². The molecule has 1 fully saturated rings. The number of rotatable bonds is 7. The molecule has 0 radical (unpaired) electrons. The molecular weight excluding hydrogens is 278 g/mol. The first-order valence-corrected chi connectivity index (χ1v) is 8.69. The normalized spacial score (nSPS) is 20.0. The van der Waals surface area contributed by atoms with Crippen LogP contribution >= 0.6 is 12.4 Å². The van der Waals surface area contributed by atoms with Gasteiger partial charge >= 0.3 is 0 Å². The molecule has 0 atom stereocenters.